The summed E-state index contributed by atoms with van der Waals surface area (Å²) in [5.41, 5.74) is 4.93. The number of hydrogen-bond acceptors (Lipinski definition) is 6. The van der Waals surface area contributed by atoms with E-state index in [0.29, 0.717) is 24.1 Å². The van der Waals surface area contributed by atoms with Crippen molar-refractivity contribution in [2.24, 2.45) is 0 Å². The van der Waals surface area contributed by atoms with Crippen LogP contribution < -0.4 is 15.5 Å². The maximum absolute atomic E-state index is 13.0. The monoisotopic (exact) mass is 457 g/mol. The number of carbonyl (C=O) groups is 1. The maximum atomic E-state index is 13.0. The molecule has 0 saturated carbocycles. The quantitative estimate of drug-likeness (QED) is 0.472. The zero-order chi connectivity index (χ0) is 23.1. The first kappa shape index (κ1) is 23.6. The Bertz CT molecular complexity index is 1050. The third-order valence-corrected chi connectivity index (χ3v) is 5.23. The first-order valence-corrected chi connectivity index (χ1v) is 11.2. The molecule has 0 radical (unpaired) electrons. The number of nitrogens with zero attached hydrogens (tertiary/aromatic N) is 3. The van der Waals surface area contributed by atoms with Gasteiger partial charge in [0.1, 0.15) is 24.0 Å². The van der Waals surface area contributed by atoms with E-state index < -0.39 is 0 Å². The van der Waals surface area contributed by atoms with Crippen molar-refractivity contribution in [1.82, 2.24) is 20.2 Å². The molecule has 7 nitrogen and oxygen atoms in total. The summed E-state index contributed by atoms with van der Waals surface area (Å²) in [6.45, 7) is 8.57. The number of carbonyl (C=O) groups excluding carboxylic acids is 1. The Morgan fingerprint density at radius 2 is 1.88 bits per heavy atom. The second-order valence-corrected chi connectivity index (χ2v) is 9.29. The lowest BCUT2D eigenvalue weighted by Gasteiger charge is -2.20. The molecule has 0 spiro atoms. The van der Waals surface area contributed by atoms with Crippen molar-refractivity contribution >= 4 is 17.7 Å². The highest BCUT2D eigenvalue weighted by Gasteiger charge is 2.16. The van der Waals surface area contributed by atoms with Crippen molar-refractivity contribution in [2.45, 2.75) is 51.5 Å². The standard InChI is InChI=1S/C23H28FN5O2S/c1-16-27-28-22(32-15-21(30)26-23(2,3)4)29(16)25-13-18-6-5-7-20(12-18)31-14-17-8-10-19(24)11-9-17/h5-12,25H,13-15H2,1-4H3,(H,26,30). The predicted octanol–water partition coefficient (Wildman–Crippen LogP) is 4.06. The summed E-state index contributed by atoms with van der Waals surface area (Å²) in [6, 6.07) is 14.0. The topological polar surface area (TPSA) is 81.1 Å². The summed E-state index contributed by atoms with van der Waals surface area (Å²) >= 11 is 1.33. The van der Waals surface area contributed by atoms with Crippen molar-refractivity contribution < 1.29 is 13.9 Å². The molecule has 9 heteroatoms. The smallest absolute Gasteiger partial charge is 0.230 e. The fraction of sp³-hybridized carbons (Fsp3) is 0.348. The maximum Gasteiger partial charge on any atom is 0.230 e. The van der Waals surface area contributed by atoms with E-state index in [2.05, 4.69) is 20.9 Å². The second-order valence-electron chi connectivity index (χ2n) is 8.35. The van der Waals surface area contributed by atoms with Gasteiger partial charge in [-0.2, -0.15) is 0 Å². The molecule has 2 N–H and O–H groups in total. The number of ether oxygens (including phenoxy) is 1. The van der Waals surface area contributed by atoms with Gasteiger partial charge >= 0.3 is 0 Å². The largest absolute Gasteiger partial charge is 0.489 e. The van der Waals surface area contributed by atoms with Crippen LogP contribution in [0.1, 0.15) is 37.7 Å². The van der Waals surface area contributed by atoms with Crippen LogP contribution in [0.5, 0.6) is 5.75 Å². The molecule has 0 unspecified atom stereocenters. The molecule has 0 atom stereocenters. The molecule has 1 heterocycles. The van der Waals surface area contributed by atoms with Crippen LogP contribution in [-0.4, -0.2) is 32.1 Å². The summed E-state index contributed by atoms with van der Waals surface area (Å²) in [5.74, 6) is 1.36. The number of rotatable bonds is 9. The van der Waals surface area contributed by atoms with E-state index in [1.165, 1.54) is 23.9 Å². The van der Waals surface area contributed by atoms with E-state index in [1.807, 2.05) is 52.0 Å². The summed E-state index contributed by atoms with van der Waals surface area (Å²) < 4.78 is 20.6. The summed E-state index contributed by atoms with van der Waals surface area (Å²) in [6.07, 6.45) is 0. The first-order valence-electron chi connectivity index (χ1n) is 10.3. The fourth-order valence-electron chi connectivity index (χ4n) is 2.87. The molecule has 3 aromatic rings. The summed E-state index contributed by atoms with van der Waals surface area (Å²) in [5, 5.41) is 11.8. The van der Waals surface area contributed by atoms with Crippen LogP contribution in [0.25, 0.3) is 0 Å². The Balaban J connectivity index is 1.56. The number of amides is 1. The third-order valence-electron chi connectivity index (χ3n) is 4.30. The molecule has 1 amide bonds. The average Bonchev–Trinajstić information content (AvgIpc) is 3.09. The lowest BCUT2D eigenvalue weighted by Crippen LogP contribution is -2.41. The normalized spacial score (nSPS) is 11.3. The van der Waals surface area contributed by atoms with Gasteiger partial charge < -0.3 is 15.5 Å². The van der Waals surface area contributed by atoms with E-state index in [0.717, 1.165) is 16.9 Å². The lowest BCUT2D eigenvalue weighted by molar-refractivity contribution is -0.119. The van der Waals surface area contributed by atoms with E-state index in [4.69, 9.17) is 4.74 Å². The summed E-state index contributed by atoms with van der Waals surface area (Å²) in [7, 11) is 0. The number of aromatic nitrogens is 3. The highest BCUT2D eigenvalue weighted by molar-refractivity contribution is 7.99. The number of thioether (sulfide) groups is 1. The van der Waals surface area contributed by atoms with Crippen molar-refractivity contribution in [1.29, 1.82) is 0 Å². The van der Waals surface area contributed by atoms with Gasteiger partial charge in [0, 0.05) is 5.54 Å². The van der Waals surface area contributed by atoms with Crippen molar-refractivity contribution in [3.8, 4) is 5.75 Å². The predicted molar refractivity (Wildman–Crippen MR) is 124 cm³/mol. The zero-order valence-electron chi connectivity index (χ0n) is 18.7. The van der Waals surface area contributed by atoms with Crippen molar-refractivity contribution in [3.63, 3.8) is 0 Å². The van der Waals surface area contributed by atoms with Gasteiger partial charge in [-0.05, 0) is 63.1 Å². The summed E-state index contributed by atoms with van der Waals surface area (Å²) in [4.78, 5) is 12.1. The molecule has 0 fully saturated rings. The number of nitrogens with one attached hydrogen (secondary N) is 2. The molecule has 0 aliphatic rings. The lowest BCUT2D eigenvalue weighted by atomic mass is 10.1. The molecule has 170 valence electrons. The number of halogens is 1. The minimum absolute atomic E-state index is 0.0549. The van der Waals surface area contributed by atoms with Gasteiger partial charge in [0.15, 0.2) is 0 Å². The molecule has 3 rings (SSSR count). The van der Waals surface area contributed by atoms with E-state index in [-0.39, 0.29) is 23.0 Å². The van der Waals surface area contributed by atoms with Crippen molar-refractivity contribution in [2.75, 3.05) is 11.2 Å². The van der Waals surface area contributed by atoms with E-state index in [9.17, 15) is 9.18 Å². The van der Waals surface area contributed by atoms with Crippen LogP contribution in [0, 0.1) is 12.7 Å². The molecule has 32 heavy (non-hydrogen) atoms. The minimum atomic E-state index is -0.275. The second kappa shape index (κ2) is 10.5. The van der Waals surface area contributed by atoms with Crippen LogP contribution in [0.4, 0.5) is 4.39 Å². The van der Waals surface area contributed by atoms with Gasteiger partial charge in [-0.25, -0.2) is 9.07 Å². The van der Waals surface area contributed by atoms with Gasteiger partial charge in [-0.15, -0.1) is 10.2 Å². The zero-order valence-corrected chi connectivity index (χ0v) is 19.5. The van der Waals surface area contributed by atoms with E-state index in [1.54, 1.807) is 16.8 Å². The molecule has 0 saturated heterocycles. The van der Waals surface area contributed by atoms with Crippen LogP contribution >= 0.6 is 11.8 Å². The highest BCUT2D eigenvalue weighted by atomic mass is 32.2. The Hall–Kier alpha value is -3.07. The number of benzene rings is 2. The third kappa shape index (κ3) is 7.26. The Morgan fingerprint density at radius 1 is 1.12 bits per heavy atom. The molecule has 0 aliphatic carbocycles. The Kier molecular flexibility index (Phi) is 7.74. The highest BCUT2D eigenvalue weighted by Crippen LogP contribution is 2.18. The molecule has 0 bridgehead atoms. The number of hydrogen-bond donors (Lipinski definition) is 2. The van der Waals surface area contributed by atoms with Gasteiger partial charge in [0.05, 0.1) is 12.3 Å². The van der Waals surface area contributed by atoms with Gasteiger partial charge in [-0.1, -0.05) is 36.0 Å². The number of aryl methyl sites for hydroxylation is 1. The molecule has 2 aromatic carbocycles. The van der Waals surface area contributed by atoms with Gasteiger partial charge in [0.25, 0.3) is 0 Å². The molecular formula is C23H28FN5O2S. The Labute approximate surface area is 191 Å². The Morgan fingerprint density at radius 3 is 2.59 bits per heavy atom. The van der Waals surface area contributed by atoms with Crippen LogP contribution in [0.2, 0.25) is 0 Å². The van der Waals surface area contributed by atoms with Crippen molar-refractivity contribution in [3.05, 3.63) is 71.3 Å². The van der Waals surface area contributed by atoms with Crippen LogP contribution in [0.3, 0.4) is 0 Å². The van der Waals surface area contributed by atoms with Crippen LogP contribution in [-0.2, 0) is 17.9 Å². The molecule has 1 aromatic heterocycles. The minimum Gasteiger partial charge on any atom is -0.489 e. The van der Waals surface area contributed by atoms with E-state index >= 15 is 0 Å². The average molecular weight is 458 g/mol. The fourth-order valence-corrected chi connectivity index (χ4v) is 3.62. The van der Waals surface area contributed by atoms with Gasteiger partial charge in [-0.3, -0.25) is 4.79 Å². The molecular weight excluding hydrogens is 429 g/mol. The van der Waals surface area contributed by atoms with Crippen LogP contribution in [0.15, 0.2) is 53.7 Å². The van der Waals surface area contributed by atoms with Gasteiger partial charge in [0.2, 0.25) is 11.1 Å². The first-order chi connectivity index (χ1) is 15.2. The SMILES string of the molecule is Cc1nnc(SCC(=O)NC(C)(C)C)n1NCc1cccc(OCc2ccc(F)cc2)c1. The molecule has 0 aliphatic heterocycles.